The highest BCUT2D eigenvalue weighted by atomic mass is 79.9. The topological polar surface area (TPSA) is 108 Å². The van der Waals surface area contributed by atoms with Gasteiger partial charge in [-0.15, -0.1) is 10.2 Å². The third-order valence-electron chi connectivity index (χ3n) is 6.08. The van der Waals surface area contributed by atoms with Gasteiger partial charge in [-0.05, 0) is 65.5 Å². The SMILES string of the molecule is Cc1ccc(C2CC(c3ccc([N+](=O)[O-])o3)NC3C(Br)=C(N=Nc4ccccc4)NN32)c(C)c1. The molecule has 1 fully saturated rings. The minimum atomic E-state index is -0.519. The molecule has 2 aromatic carbocycles. The van der Waals surface area contributed by atoms with E-state index in [2.05, 4.69) is 74.0 Å². The normalized spacial score (nSPS) is 22.7. The van der Waals surface area contributed by atoms with Gasteiger partial charge < -0.3 is 4.42 Å². The number of hydrazine groups is 1. The van der Waals surface area contributed by atoms with Gasteiger partial charge in [-0.2, -0.15) is 5.01 Å². The summed E-state index contributed by atoms with van der Waals surface area (Å²) < 4.78 is 6.36. The summed E-state index contributed by atoms with van der Waals surface area (Å²) in [6.07, 6.45) is 0.375. The van der Waals surface area contributed by atoms with Gasteiger partial charge in [0.25, 0.3) is 0 Å². The van der Waals surface area contributed by atoms with Gasteiger partial charge >= 0.3 is 5.88 Å². The smallest absolute Gasteiger partial charge is 0.404 e. The zero-order valence-corrected chi connectivity index (χ0v) is 20.2. The van der Waals surface area contributed by atoms with Gasteiger partial charge in [-0.1, -0.05) is 42.0 Å². The van der Waals surface area contributed by atoms with Crippen molar-refractivity contribution in [2.45, 2.75) is 38.5 Å². The van der Waals surface area contributed by atoms with Gasteiger partial charge in [-0.25, -0.2) is 0 Å². The fourth-order valence-corrected chi connectivity index (χ4v) is 4.99. The molecule has 3 atom stereocenters. The highest BCUT2D eigenvalue weighted by Crippen LogP contribution is 2.43. The van der Waals surface area contributed by atoms with E-state index in [0.717, 1.165) is 15.7 Å². The van der Waals surface area contributed by atoms with Gasteiger partial charge in [0.05, 0.1) is 28.3 Å². The molecule has 0 radical (unpaired) electrons. The molecule has 1 saturated heterocycles. The highest BCUT2D eigenvalue weighted by Gasteiger charge is 2.44. The number of furan rings is 1. The third kappa shape index (κ3) is 4.27. The quantitative estimate of drug-likeness (QED) is 0.239. The monoisotopic (exact) mass is 522 g/mol. The molecule has 5 rings (SSSR count). The van der Waals surface area contributed by atoms with Crippen LogP contribution >= 0.6 is 15.9 Å². The Morgan fingerprint density at radius 3 is 2.62 bits per heavy atom. The summed E-state index contributed by atoms with van der Waals surface area (Å²) in [4.78, 5) is 10.6. The van der Waals surface area contributed by atoms with E-state index in [-0.39, 0.29) is 24.1 Å². The summed E-state index contributed by atoms with van der Waals surface area (Å²) in [6, 6.07) is 18.7. The van der Waals surface area contributed by atoms with E-state index < -0.39 is 4.92 Å². The molecule has 9 nitrogen and oxygen atoms in total. The second-order valence-electron chi connectivity index (χ2n) is 8.42. The predicted octanol–water partition coefficient (Wildman–Crippen LogP) is 6.07. The van der Waals surface area contributed by atoms with Crippen LogP contribution in [-0.4, -0.2) is 16.1 Å². The van der Waals surface area contributed by atoms with Crippen molar-refractivity contribution in [2.75, 3.05) is 0 Å². The van der Waals surface area contributed by atoms with Crippen LogP contribution in [-0.2, 0) is 0 Å². The zero-order valence-electron chi connectivity index (χ0n) is 18.6. The van der Waals surface area contributed by atoms with E-state index in [1.807, 2.05) is 30.3 Å². The number of fused-ring (bicyclic) bond motifs is 1. The van der Waals surface area contributed by atoms with Crippen LogP contribution in [0.2, 0.25) is 0 Å². The number of hydrogen-bond acceptors (Lipinski definition) is 8. The van der Waals surface area contributed by atoms with Crippen LogP contribution in [0.25, 0.3) is 0 Å². The van der Waals surface area contributed by atoms with E-state index in [1.54, 1.807) is 6.07 Å². The Kier molecular flexibility index (Phi) is 6.03. The molecule has 2 aliphatic rings. The van der Waals surface area contributed by atoms with Crippen LogP contribution in [0.1, 0.15) is 41.0 Å². The lowest BCUT2D eigenvalue weighted by Gasteiger charge is -2.42. The van der Waals surface area contributed by atoms with Crippen molar-refractivity contribution in [2.24, 2.45) is 10.2 Å². The van der Waals surface area contributed by atoms with E-state index in [9.17, 15) is 10.1 Å². The number of azo groups is 1. The second kappa shape index (κ2) is 9.13. The summed E-state index contributed by atoms with van der Waals surface area (Å²) in [5, 5.41) is 25.6. The lowest BCUT2D eigenvalue weighted by atomic mass is 9.91. The third-order valence-corrected chi connectivity index (χ3v) is 6.88. The van der Waals surface area contributed by atoms with Crippen LogP contribution in [0.5, 0.6) is 0 Å². The number of hydrogen-bond donors (Lipinski definition) is 2. The van der Waals surface area contributed by atoms with Crippen LogP contribution in [0, 0.1) is 24.0 Å². The van der Waals surface area contributed by atoms with Crippen LogP contribution in [0.4, 0.5) is 11.6 Å². The van der Waals surface area contributed by atoms with Gasteiger partial charge in [0.2, 0.25) is 0 Å². The van der Waals surface area contributed by atoms with Gasteiger partial charge in [0.1, 0.15) is 16.8 Å². The molecule has 2 N–H and O–H groups in total. The summed E-state index contributed by atoms with van der Waals surface area (Å²) in [6.45, 7) is 4.17. The lowest BCUT2D eigenvalue weighted by molar-refractivity contribution is -0.402. The minimum absolute atomic E-state index is 0.0435. The van der Waals surface area contributed by atoms with E-state index in [4.69, 9.17) is 4.42 Å². The predicted molar refractivity (Wildman–Crippen MR) is 130 cm³/mol. The Morgan fingerprint density at radius 1 is 1.12 bits per heavy atom. The maximum Gasteiger partial charge on any atom is 0.433 e. The van der Waals surface area contributed by atoms with Crippen molar-refractivity contribution in [1.29, 1.82) is 0 Å². The first-order chi connectivity index (χ1) is 16.4. The van der Waals surface area contributed by atoms with Crippen molar-refractivity contribution in [3.8, 4) is 0 Å². The average molecular weight is 523 g/mol. The number of rotatable bonds is 5. The van der Waals surface area contributed by atoms with Gasteiger partial charge in [0, 0.05) is 0 Å². The van der Waals surface area contributed by atoms with Crippen molar-refractivity contribution in [3.05, 3.63) is 104 Å². The summed E-state index contributed by atoms with van der Waals surface area (Å²) in [5.74, 6) is 0.863. The molecule has 174 valence electrons. The Hall–Kier alpha value is -3.34. The van der Waals surface area contributed by atoms with E-state index in [0.29, 0.717) is 18.0 Å². The van der Waals surface area contributed by atoms with Crippen molar-refractivity contribution in [1.82, 2.24) is 15.8 Å². The average Bonchev–Trinajstić information content (AvgIpc) is 3.44. The van der Waals surface area contributed by atoms with Crippen molar-refractivity contribution in [3.63, 3.8) is 0 Å². The molecule has 3 unspecified atom stereocenters. The number of nitrogens with one attached hydrogen (secondary N) is 2. The maximum atomic E-state index is 11.2. The molecule has 3 heterocycles. The second-order valence-corrected chi connectivity index (χ2v) is 9.27. The lowest BCUT2D eigenvalue weighted by Crippen LogP contribution is -2.55. The number of aryl methyl sites for hydroxylation is 2. The molecule has 0 spiro atoms. The van der Waals surface area contributed by atoms with Crippen molar-refractivity contribution >= 4 is 27.5 Å². The van der Waals surface area contributed by atoms with Crippen LogP contribution in [0.3, 0.4) is 0 Å². The summed E-state index contributed by atoms with van der Waals surface area (Å²) in [5.41, 5.74) is 7.68. The molecule has 10 heteroatoms. The molecule has 3 aromatic rings. The Morgan fingerprint density at radius 2 is 1.91 bits per heavy atom. The van der Waals surface area contributed by atoms with E-state index >= 15 is 0 Å². The van der Waals surface area contributed by atoms with Gasteiger partial charge in [0.15, 0.2) is 5.82 Å². The Bertz CT molecular complexity index is 1290. The Labute approximate surface area is 204 Å². The molecule has 1 aromatic heterocycles. The molecule has 0 aliphatic carbocycles. The molecular formula is C24H23BrN6O3. The molecule has 0 bridgehead atoms. The molecule has 2 aliphatic heterocycles. The van der Waals surface area contributed by atoms with Crippen LogP contribution in [0.15, 0.2) is 85.6 Å². The first-order valence-corrected chi connectivity index (χ1v) is 11.7. The molecule has 0 amide bonds. The number of nitro groups is 1. The van der Waals surface area contributed by atoms with Gasteiger partial charge in [-0.3, -0.25) is 20.9 Å². The summed E-state index contributed by atoms with van der Waals surface area (Å²) in [7, 11) is 0. The number of benzene rings is 2. The highest BCUT2D eigenvalue weighted by molar-refractivity contribution is 9.11. The minimum Gasteiger partial charge on any atom is -0.404 e. The van der Waals surface area contributed by atoms with Crippen LogP contribution < -0.4 is 10.7 Å². The fourth-order valence-electron chi connectivity index (χ4n) is 4.47. The Balaban J connectivity index is 1.50. The maximum absolute atomic E-state index is 11.2. The van der Waals surface area contributed by atoms with E-state index in [1.165, 1.54) is 17.2 Å². The fraction of sp³-hybridized carbons (Fsp3) is 0.250. The molecule has 0 saturated carbocycles. The standard InChI is InChI=1S/C24H23BrN6O3/c1-14-8-9-17(15(2)12-14)19-13-18(20-10-11-21(34-20)31(32)33)26-24-22(25)23(29-30(19)24)28-27-16-6-4-3-5-7-16/h3-12,18-19,24,26,29H,13H2,1-2H3. The molecule has 34 heavy (non-hydrogen) atoms. The first kappa shape index (κ1) is 22.5. The van der Waals surface area contributed by atoms with Crippen molar-refractivity contribution < 1.29 is 9.34 Å². The number of nitrogens with zero attached hydrogens (tertiary/aromatic N) is 4. The summed E-state index contributed by atoms with van der Waals surface area (Å²) >= 11 is 3.70. The largest absolute Gasteiger partial charge is 0.433 e. The number of halogens is 1. The zero-order chi connectivity index (χ0) is 23.8. The first-order valence-electron chi connectivity index (χ1n) is 10.9. The molecular weight excluding hydrogens is 500 g/mol.